The van der Waals surface area contributed by atoms with Gasteiger partial charge in [0.05, 0.1) is 12.2 Å². The third-order valence-corrected chi connectivity index (χ3v) is 4.64. The Labute approximate surface area is 160 Å². The molecule has 0 spiro atoms. The van der Waals surface area contributed by atoms with E-state index in [1.807, 2.05) is 30.3 Å². The van der Waals surface area contributed by atoms with Crippen molar-refractivity contribution in [3.63, 3.8) is 0 Å². The Morgan fingerprint density at radius 1 is 1.07 bits per heavy atom. The van der Waals surface area contributed by atoms with Gasteiger partial charge in [0.1, 0.15) is 11.7 Å². The number of aromatic amines is 1. The van der Waals surface area contributed by atoms with Crippen LogP contribution in [0.4, 0.5) is 5.95 Å². The Morgan fingerprint density at radius 3 is 2.54 bits per heavy atom. The second kappa shape index (κ2) is 7.47. The van der Waals surface area contributed by atoms with Gasteiger partial charge >= 0.3 is 5.97 Å². The number of anilines is 1. The Balaban J connectivity index is 1.54. The van der Waals surface area contributed by atoms with E-state index in [1.165, 1.54) is 4.90 Å². The SMILES string of the molecule is O=C(O)C1CN(c2ncccn2)CCN1C(=O)c1cc(-c2ccccc2)n[nH]1. The number of carboxylic acid groups (broad SMARTS) is 1. The molecule has 4 rings (SSSR count). The minimum absolute atomic E-state index is 0.116. The minimum atomic E-state index is -1.07. The summed E-state index contributed by atoms with van der Waals surface area (Å²) in [5.74, 6) is -1.01. The van der Waals surface area contributed by atoms with E-state index in [0.717, 1.165) is 5.56 Å². The van der Waals surface area contributed by atoms with Gasteiger partial charge in [-0.05, 0) is 12.1 Å². The molecule has 1 amide bonds. The Morgan fingerprint density at radius 2 is 1.82 bits per heavy atom. The quantitative estimate of drug-likeness (QED) is 0.703. The first-order valence-corrected chi connectivity index (χ1v) is 8.80. The van der Waals surface area contributed by atoms with Gasteiger partial charge in [-0.25, -0.2) is 14.8 Å². The molecule has 0 saturated carbocycles. The zero-order valence-electron chi connectivity index (χ0n) is 14.9. The maximum atomic E-state index is 12.9. The van der Waals surface area contributed by atoms with E-state index in [4.69, 9.17) is 0 Å². The van der Waals surface area contributed by atoms with Crippen molar-refractivity contribution >= 4 is 17.8 Å². The molecule has 1 unspecified atom stereocenters. The van der Waals surface area contributed by atoms with E-state index in [-0.39, 0.29) is 18.8 Å². The lowest BCUT2D eigenvalue weighted by Crippen LogP contribution is -2.58. The fourth-order valence-corrected chi connectivity index (χ4v) is 3.22. The van der Waals surface area contributed by atoms with Crippen LogP contribution in [-0.2, 0) is 4.79 Å². The Hall–Kier alpha value is -3.75. The molecule has 3 heterocycles. The number of amides is 1. The molecular formula is C19H18N6O3. The molecule has 9 nitrogen and oxygen atoms in total. The molecule has 1 saturated heterocycles. The van der Waals surface area contributed by atoms with Crippen molar-refractivity contribution in [3.05, 3.63) is 60.6 Å². The monoisotopic (exact) mass is 378 g/mol. The molecule has 0 aliphatic carbocycles. The molecule has 3 aromatic rings. The van der Waals surface area contributed by atoms with Crippen molar-refractivity contribution < 1.29 is 14.7 Å². The van der Waals surface area contributed by atoms with E-state index in [2.05, 4.69) is 20.2 Å². The summed E-state index contributed by atoms with van der Waals surface area (Å²) >= 11 is 0. The molecule has 9 heteroatoms. The van der Waals surface area contributed by atoms with Crippen LogP contribution in [0.3, 0.4) is 0 Å². The normalized spacial score (nSPS) is 16.8. The van der Waals surface area contributed by atoms with Crippen molar-refractivity contribution in [2.24, 2.45) is 0 Å². The summed E-state index contributed by atoms with van der Waals surface area (Å²) in [5, 5.41) is 16.6. The molecule has 1 aliphatic rings. The molecule has 2 aromatic heterocycles. The summed E-state index contributed by atoms with van der Waals surface area (Å²) in [7, 11) is 0. The number of nitrogens with zero attached hydrogens (tertiary/aromatic N) is 5. The van der Waals surface area contributed by atoms with Gasteiger partial charge in [-0.1, -0.05) is 30.3 Å². The number of hydrogen-bond donors (Lipinski definition) is 2. The lowest BCUT2D eigenvalue weighted by Gasteiger charge is -2.38. The van der Waals surface area contributed by atoms with Crippen LogP contribution in [-0.4, -0.2) is 67.7 Å². The van der Waals surface area contributed by atoms with Gasteiger partial charge < -0.3 is 14.9 Å². The van der Waals surface area contributed by atoms with E-state index >= 15 is 0 Å². The largest absolute Gasteiger partial charge is 0.480 e. The van der Waals surface area contributed by atoms with Crippen LogP contribution in [0.2, 0.25) is 0 Å². The molecule has 1 atom stereocenters. The highest BCUT2D eigenvalue weighted by molar-refractivity contribution is 5.96. The number of rotatable bonds is 4. The Bertz CT molecular complexity index is 976. The number of benzene rings is 1. The van der Waals surface area contributed by atoms with Crippen molar-refractivity contribution in [2.45, 2.75) is 6.04 Å². The highest BCUT2D eigenvalue weighted by Crippen LogP contribution is 2.21. The number of hydrogen-bond acceptors (Lipinski definition) is 6. The number of carbonyl (C=O) groups is 2. The molecule has 0 bridgehead atoms. The van der Waals surface area contributed by atoms with Crippen molar-refractivity contribution in [1.29, 1.82) is 0 Å². The number of piperazine rings is 1. The first-order chi connectivity index (χ1) is 13.6. The van der Waals surface area contributed by atoms with Gasteiger partial charge in [-0.2, -0.15) is 5.10 Å². The predicted octanol–water partition coefficient (Wildman–Crippen LogP) is 1.28. The maximum Gasteiger partial charge on any atom is 0.328 e. The van der Waals surface area contributed by atoms with Crippen LogP contribution >= 0.6 is 0 Å². The molecule has 142 valence electrons. The van der Waals surface area contributed by atoms with E-state index < -0.39 is 17.9 Å². The fraction of sp³-hybridized carbons (Fsp3) is 0.211. The summed E-state index contributed by atoms with van der Waals surface area (Å²) in [5.41, 5.74) is 1.76. The van der Waals surface area contributed by atoms with Crippen LogP contribution < -0.4 is 4.90 Å². The standard InChI is InChI=1S/C19H18N6O3/c26-17(15-11-14(22-23-15)13-5-2-1-3-6-13)25-10-9-24(12-16(25)18(27)28)19-20-7-4-8-21-19/h1-8,11,16H,9-10,12H2,(H,22,23)(H,27,28). The maximum absolute atomic E-state index is 12.9. The average molecular weight is 378 g/mol. The number of H-pyrrole nitrogens is 1. The zero-order chi connectivity index (χ0) is 19.5. The number of carboxylic acids is 1. The van der Waals surface area contributed by atoms with Crippen molar-refractivity contribution in [1.82, 2.24) is 25.1 Å². The first kappa shape index (κ1) is 17.7. The number of aliphatic carboxylic acids is 1. The number of nitrogens with one attached hydrogen (secondary N) is 1. The lowest BCUT2D eigenvalue weighted by molar-refractivity contribution is -0.142. The summed E-state index contributed by atoms with van der Waals surface area (Å²) in [6.07, 6.45) is 3.21. The average Bonchev–Trinajstić information content (AvgIpc) is 3.24. The second-order valence-electron chi connectivity index (χ2n) is 6.38. The van der Waals surface area contributed by atoms with Crippen molar-refractivity contribution in [2.75, 3.05) is 24.5 Å². The predicted molar refractivity (Wildman–Crippen MR) is 101 cm³/mol. The number of aromatic nitrogens is 4. The molecule has 1 aliphatic heterocycles. The summed E-state index contributed by atoms with van der Waals surface area (Å²) < 4.78 is 0. The highest BCUT2D eigenvalue weighted by atomic mass is 16.4. The summed E-state index contributed by atoms with van der Waals surface area (Å²) in [4.78, 5) is 36.2. The zero-order valence-corrected chi connectivity index (χ0v) is 14.9. The van der Waals surface area contributed by atoms with Gasteiger partial charge in [-0.3, -0.25) is 9.89 Å². The smallest absolute Gasteiger partial charge is 0.328 e. The fourth-order valence-electron chi connectivity index (χ4n) is 3.22. The van der Waals surface area contributed by atoms with Gasteiger partial charge in [0.15, 0.2) is 0 Å². The minimum Gasteiger partial charge on any atom is -0.480 e. The van der Waals surface area contributed by atoms with Crippen LogP contribution in [0.1, 0.15) is 10.5 Å². The summed E-state index contributed by atoms with van der Waals surface area (Å²) in [6, 6.07) is 11.8. The lowest BCUT2D eigenvalue weighted by atomic mass is 10.1. The topological polar surface area (TPSA) is 115 Å². The Kier molecular flexibility index (Phi) is 4.71. The molecule has 1 fully saturated rings. The third kappa shape index (κ3) is 3.41. The third-order valence-electron chi connectivity index (χ3n) is 4.64. The van der Waals surface area contributed by atoms with Gasteiger partial charge in [0.2, 0.25) is 5.95 Å². The molecular weight excluding hydrogens is 360 g/mol. The van der Waals surface area contributed by atoms with Gasteiger partial charge in [0.25, 0.3) is 5.91 Å². The van der Waals surface area contributed by atoms with Gasteiger partial charge in [-0.15, -0.1) is 0 Å². The van der Waals surface area contributed by atoms with Gasteiger partial charge in [0, 0.05) is 31.0 Å². The second-order valence-corrected chi connectivity index (χ2v) is 6.38. The van der Waals surface area contributed by atoms with Crippen molar-refractivity contribution in [3.8, 4) is 11.3 Å². The van der Waals surface area contributed by atoms with Crippen LogP contribution in [0, 0.1) is 0 Å². The molecule has 28 heavy (non-hydrogen) atoms. The van der Waals surface area contributed by atoms with E-state index in [9.17, 15) is 14.7 Å². The van der Waals surface area contributed by atoms with Crippen LogP contribution in [0.15, 0.2) is 54.9 Å². The molecule has 2 N–H and O–H groups in total. The molecule has 1 aromatic carbocycles. The summed E-state index contributed by atoms with van der Waals surface area (Å²) in [6.45, 7) is 0.803. The molecule has 0 radical (unpaired) electrons. The van der Waals surface area contributed by atoms with Crippen LogP contribution in [0.5, 0.6) is 0 Å². The highest BCUT2D eigenvalue weighted by Gasteiger charge is 2.37. The number of carbonyl (C=O) groups excluding carboxylic acids is 1. The van der Waals surface area contributed by atoms with E-state index in [0.29, 0.717) is 18.2 Å². The first-order valence-electron chi connectivity index (χ1n) is 8.80. The van der Waals surface area contributed by atoms with E-state index in [1.54, 1.807) is 29.4 Å². The van der Waals surface area contributed by atoms with Crippen LogP contribution in [0.25, 0.3) is 11.3 Å².